The molecule has 136 valence electrons. The van der Waals surface area contributed by atoms with Crippen LogP contribution in [0.4, 0.5) is 0 Å². The van der Waals surface area contributed by atoms with Crippen LogP contribution >= 0.6 is 25.3 Å². The van der Waals surface area contributed by atoms with Gasteiger partial charge in [-0.25, -0.2) is 8.42 Å². The van der Waals surface area contributed by atoms with Crippen molar-refractivity contribution in [2.24, 2.45) is 0 Å². The van der Waals surface area contributed by atoms with Gasteiger partial charge in [0.15, 0.2) is 0 Å². The first kappa shape index (κ1) is 20.4. The van der Waals surface area contributed by atoms with Crippen LogP contribution in [0.25, 0.3) is 0 Å². The molecule has 0 saturated heterocycles. The first-order valence-corrected chi connectivity index (χ1v) is 11.0. The van der Waals surface area contributed by atoms with Crippen LogP contribution < -0.4 is 0 Å². The molecule has 25 heavy (non-hydrogen) atoms. The Bertz CT molecular complexity index is 763. The van der Waals surface area contributed by atoms with Crippen LogP contribution in [0.3, 0.4) is 0 Å². The molecule has 2 aromatic carbocycles. The third kappa shape index (κ3) is 6.37. The SMILES string of the molecule is C[C@H](CS)N(Cc1ccccc1)S(=O)(=O)CCCc1cccc(S)c1. The summed E-state index contributed by atoms with van der Waals surface area (Å²) in [5.74, 6) is 0.627. The molecule has 3 nitrogen and oxygen atoms in total. The summed E-state index contributed by atoms with van der Waals surface area (Å²) in [5, 5.41) is 0. The molecule has 0 aliphatic rings. The van der Waals surface area contributed by atoms with Crippen molar-refractivity contribution in [3.8, 4) is 0 Å². The van der Waals surface area contributed by atoms with E-state index in [1.54, 1.807) is 4.31 Å². The Hall–Kier alpha value is -0.950. The average molecular weight is 396 g/mol. The van der Waals surface area contributed by atoms with Crippen molar-refractivity contribution in [1.82, 2.24) is 4.31 Å². The second kappa shape index (κ2) is 9.67. The Morgan fingerprint density at radius 3 is 2.36 bits per heavy atom. The van der Waals surface area contributed by atoms with E-state index in [2.05, 4.69) is 25.3 Å². The maximum atomic E-state index is 12.9. The van der Waals surface area contributed by atoms with E-state index >= 15 is 0 Å². The molecule has 6 heteroatoms. The molecule has 0 aromatic heterocycles. The summed E-state index contributed by atoms with van der Waals surface area (Å²) in [7, 11) is -3.35. The van der Waals surface area contributed by atoms with Crippen LogP contribution in [0.5, 0.6) is 0 Å². The van der Waals surface area contributed by atoms with E-state index in [-0.39, 0.29) is 11.8 Å². The Labute approximate surface area is 162 Å². The van der Waals surface area contributed by atoms with Crippen molar-refractivity contribution in [1.29, 1.82) is 0 Å². The summed E-state index contributed by atoms with van der Waals surface area (Å²) in [6.45, 7) is 2.29. The fourth-order valence-electron chi connectivity index (χ4n) is 2.67. The fourth-order valence-corrected chi connectivity index (χ4v) is 4.94. The summed E-state index contributed by atoms with van der Waals surface area (Å²) >= 11 is 8.62. The van der Waals surface area contributed by atoms with E-state index in [1.807, 2.05) is 61.5 Å². The fraction of sp³-hybridized carbons (Fsp3) is 0.368. The lowest BCUT2D eigenvalue weighted by Crippen LogP contribution is -2.40. The van der Waals surface area contributed by atoms with Gasteiger partial charge in [0.1, 0.15) is 0 Å². The minimum atomic E-state index is -3.35. The summed E-state index contributed by atoms with van der Waals surface area (Å²) in [4.78, 5) is 0.898. The van der Waals surface area contributed by atoms with Crippen molar-refractivity contribution in [3.05, 3.63) is 65.7 Å². The van der Waals surface area contributed by atoms with E-state index in [0.717, 1.165) is 22.4 Å². The van der Waals surface area contributed by atoms with Crippen molar-refractivity contribution < 1.29 is 8.42 Å². The van der Waals surface area contributed by atoms with E-state index in [4.69, 9.17) is 0 Å². The molecule has 0 bridgehead atoms. The molecule has 1 atom stereocenters. The first-order valence-electron chi connectivity index (χ1n) is 8.34. The molecule has 0 aliphatic carbocycles. The number of hydrogen-bond acceptors (Lipinski definition) is 4. The van der Waals surface area contributed by atoms with Gasteiger partial charge in [-0.15, -0.1) is 12.6 Å². The molecule has 0 aliphatic heterocycles. The Balaban J connectivity index is 2.04. The van der Waals surface area contributed by atoms with Crippen LogP contribution in [-0.4, -0.2) is 30.3 Å². The number of hydrogen-bond donors (Lipinski definition) is 2. The summed E-state index contributed by atoms with van der Waals surface area (Å²) in [6.07, 6.45) is 1.31. The van der Waals surface area contributed by atoms with Crippen molar-refractivity contribution >= 4 is 35.3 Å². The summed E-state index contributed by atoms with van der Waals surface area (Å²) in [6, 6.07) is 17.4. The maximum absolute atomic E-state index is 12.9. The molecule has 0 radical (unpaired) electrons. The minimum Gasteiger partial charge on any atom is -0.212 e. The number of thiol groups is 2. The Morgan fingerprint density at radius 1 is 1.04 bits per heavy atom. The highest BCUT2D eigenvalue weighted by molar-refractivity contribution is 7.89. The lowest BCUT2D eigenvalue weighted by molar-refractivity contribution is 0.352. The molecule has 0 heterocycles. The van der Waals surface area contributed by atoms with Gasteiger partial charge in [-0.05, 0) is 43.0 Å². The van der Waals surface area contributed by atoms with Crippen LogP contribution in [0.15, 0.2) is 59.5 Å². The van der Waals surface area contributed by atoms with Gasteiger partial charge in [0, 0.05) is 23.2 Å². The third-order valence-corrected chi connectivity index (χ3v) is 6.89. The van der Waals surface area contributed by atoms with E-state index < -0.39 is 10.0 Å². The number of aryl methyl sites for hydroxylation is 1. The molecule has 0 spiro atoms. The quantitative estimate of drug-likeness (QED) is 0.629. The van der Waals surface area contributed by atoms with Gasteiger partial charge in [0.2, 0.25) is 10.0 Å². The van der Waals surface area contributed by atoms with Crippen LogP contribution in [0, 0.1) is 0 Å². The number of rotatable bonds is 9. The van der Waals surface area contributed by atoms with Crippen LogP contribution in [0.2, 0.25) is 0 Å². The molecule has 0 fully saturated rings. The molecular formula is C19H25NO2S3. The predicted octanol–water partition coefficient (Wildman–Crippen LogP) is 4.06. The molecule has 0 saturated carbocycles. The highest BCUT2D eigenvalue weighted by Crippen LogP contribution is 2.17. The van der Waals surface area contributed by atoms with Crippen LogP contribution in [0.1, 0.15) is 24.5 Å². The zero-order valence-electron chi connectivity index (χ0n) is 14.4. The van der Waals surface area contributed by atoms with Gasteiger partial charge in [-0.1, -0.05) is 42.5 Å². The lowest BCUT2D eigenvalue weighted by Gasteiger charge is -2.27. The Morgan fingerprint density at radius 2 is 1.72 bits per heavy atom. The third-order valence-electron chi connectivity index (χ3n) is 4.07. The molecule has 2 rings (SSSR count). The minimum absolute atomic E-state index is 0.134. The number of nitrogens with zero attached hydrogens (tertiary/aromatic N) is 1. The second-order valence-corrected chi connectivity index (χ2v) is 9.07. The molecule has 2 aromatic rings. The van der Waals surface area contributed by atoms with Gasteiger partial charge >= 0.3 is 0 Å². The predicted molar refractivity (Wildman–Crippen MR) is 111 cm³/mol. The van der Waals surface area contributed by atoms with Crippen molar-refractivity contribution in [3.63, 3.8) is 0 Å². The smallest absolute Gasteiger partial charge is 0.212 e. The van der Waals surface area contributed by atoms with E-state index in [1.165, 1.54) is 0 Å². The second-order valence-electron chi connectivity index (χ2n) is 6.15. The monoisotopic (exact) mass is 395 g/mol. The zero-order valence-corrected chi connectivity index (χ0v) is 17.0. The van der Waals surface area contributed by atoms with E-state index in [9.17, 15) is 8.42 Å². The average Bonchev–Trinajstić information content (AvgIpc) is 2.60. The van der Waals surface area contributed by atoms with Gasteiger partial charge in [-0.3, -0.25) is 0 Å². The lowest BCUT2D eigenvalue weighted by atomic mass is 10.1. The summed E-state index contributed by atoms with van der Waals surface area (Å²) in [5.41, 5.74) is 2.10. The standard InChI is InChI=1S/C19H25NO2S3/c1-16(15-23)20(14-18-7-3-2-4-8-18)25(21,22)12-6-10-17-9-5-11-19(24)13-17/h2-5,7-9,11,13,16,23-24H,6,10,12,14-15H2,1H3/t16-/m1/s1. The molecule has 0 unspecified atom stereocenters. The van der Waals surface area contributed by atoms with Gasteiger partial charge in [0.25, 0.3) is 0 Å². The molecular weight excluding hydrogens is 370 g/mol. The normalized spacial score (nSPS) is 13.1. The highest BCUT2D eigenvalue weighted by atomic mass is 32.2. The molecule has 0 N–H and O–H groups in total. The maximum Gasteiger partial charge on any atom is 0.214 e. The highest BCUT2D eigenvalue weighted by Gasteiger charge is 2.26. The largest absolute Gasteiger partial charge is 0.214 e. The van der Waals surface area contributed by atoms with Gasteiger partial charge < -0.3 is 0 Å². The number of benzene rings is 2. The van der Waals surface area contributed by atoms with Gasteiger partial charge in [-0.2, -0.15) is 16.9 Å². The first-order chi connectivity index (χ1) is 11.9. The summed E-state index contributed by atoms with van der Waals surface area (Å²) < 4.78 is 27.3. The molecule has 0 amide bonds. The van der Waals surface area contributed by atoms with E-state index in [0.29, 0.717) is 18.7 Å². The van der Waals surface area contributed by atoms with Gasteiger partial charge in [0.05, 0.1) is 5.75 Å². The number of sulfonamides is 1. The Kier molecular flexibility index (Phi) is 7.87. The topological polar surface area (TPSA) is 37.4 Å². The van der Waals surface area contributed by atoms with Crippen molar-refractivity contribution in [2.75, 3.05) is 11.5 Å². The zero-order chi connectivity index (χ0) is 18.3. The van der Waals surface area contributed by atoms with Crippen LogP contribution in [-0.2, 0) is 23.0 Å². The van der Waals surface area contributed by atoms with Crippen molar-refractivity contribution in [2.45, 2.75) is 37.2 Å².